The van der Waals surface area contributed by atoms with Gasteiger partial charge >= 0.3 is 12.1 Å². The summed E-state index contributed by atoms with van der Waals surface area (Å²) < 4.78 is 11.8. The van der Waals surface area contributed by atoms with Crippen LogP contribution >= 0.6 is 0 Å². The van der Waals surface area contributed by atoms with E-state index in [1.165, 1.54) is 11.7 Å². The van der Waals surface area contributed by atoms with Crippen molar-refractivity contribution in [1.82, 2.24) is 9.47 Å². The summed E-state index contributed by atoms with van der Waals surface area (Å²) in [7, 11) is 3.04. The molecule has 1 saturated heterocycles. The number of carbonyl (C=O) groups is 2. The van der Waals surface area contributed by atoms with Crippen molar-refractivity contribution in [1.29, 1.82) is 0 Å². The number of aryl methyl sites for hydroxylation is 1. The number of carboxylic acid groups (broad SMARTS) is 1. The molecule has 1 fully saturated rings. The molecule has 0 saturated carbocycles. The number of rotatable bonds is 5. The molecule has 0 radical (unpaired) electrons. The lowest BCUT2D eigenvalue weighted by atomic mass is 9.87. The fourth-order valence-corrected chi connectivity index (χ4v) is 4.96. The first-order valence-corrected chi connectivity index (χ1v) is 11.2. The Kier molecular flexibility index (Phi) is 6.42. The van der Waals surface area contributed by atoms with Crippen LogP contribution in [-0.4, -0.2) is 47.4 Å². The van der Waals surface area contributed by atoms with E-state index in [0.29, 0.717) is 23.5 Å². The Morgan fingerprint density at radius 1 is 1.15 bits per heavy atom. The molecule has 0 amide bonds. The number of methoxy groups -OCH3 is 2. The van der Waals surface area contributed by atoms with Gasteiger partial charge in [-0.1, -0.05) is 19.1 Å². The number of likely N-dealkylation sites (tertiary alicyclic amines) is 1. The molecule has 4 rings (SSSR count). The Morgan fingerprint density at radius 3 is 2.52 bits per heavy atom. The molecule has 0 bridgehead atoms. The minimum absolute atomic E-state index is 0.183. The van der Waals surface area contributed by atoms with Gasteiger partial charge in [-0.15, -0.1) is 0 Å². The number of hydrogen-bond donors (Lipinski definition) is 1. The van der Waals surface area contributed by atoms with E-state index >= 15 is 0 Å². The van der Waals surface area contributed by atoms with Crippen LogP contribution in [0.3, 0.4) is 0 Å². The predicted molar refractivity (Wildman–Crippen MR) is 126 cm³/mol. The first-order chi connectivity index (χ1) is 15.8. The van der Waals surface area contributed by atoms with Gasteiger partial charge in [-0.05, 0) is 67.6 Å². The van der Waals surface area contributed by atoms with Crippen LogP contribution < -0.4 is 4.74 Å². The van der Waals surface area contributed by atoms with Gasteiger partial charge in [-0.2, -0.15) is 0 Å². The van der Waals surface area contributed by atoms with E-state index in [0.717, 1.165) is 47.2 Å². The molecule has 2 atom stereocenters. The molecule has 174 valence electrons. The van der Waals surface area contributed by atoms with Gasteiger partial charge in [0.1, 0.15) is 5.75 Å². The number of piperidine rings is 1. The molecule has 2 unspecified atom stereocenters. The summed E-state index contributed by atoms with van der Waals surface area (Å²) in [5, 5.41) is 10.5. The Bertz CT molecular complexity index is 1180. The van der Waals surface area contributed by atoms with E-state index in [4.69, 9.17) is 9.47 Å². The van der Waals surface area contributed by atoms with Crippen LogP contribution in [0.15, 0.2) is 42.6 Å². The van der Waals surface area contributed by atoms with Crippen molar-refractivity contribution in [2.75, 3.05) is 20.8 Å². The molecule has 1 aromatic heterocycles. The van der Waals surface area contributed by atoms with Crippen LogP contribution in [-0.2, 0) is 11.3 Å². The average Bonchev–Trinajstić information content (AvgIpc) is 3.27. The average molecular weight is 451 g/mol. The number of nitrogens with zero attached hydrogens (tertiary/aromatic N) is 2. The van der Waals surface area contributed by atoms with Crippen LogP contribution in [0.1, 0.15) is 52.9 Å². The standard InChI is InChI=1S/C26H30N2O5/c1-16-9-11-27(22(13-16)18-5-7-19(8-6-18)25(29)33-4)15-21-20-10-12-28(26(30)31)24(20)17(2)14-23(21)32-3/h5-8,10,12,14,16,22H,9,11,13,15H2,1-4H3,(H,30,31). The summed E-state index contributed by atoms with van der Waals surface area (Å²) in [6.45, 7) is 5.73. The van der Waals surface area contributed by atoms with E-state index in [1.807, 2.05) is 43.3 Å². The number of fused-ring (bicyclic) bond motifs is 1. The maximum atomic E-state index is 11.8. The molecule has 0 spiro atoms. The summed E-state index contributed by atoms with van der Waals surface area (Å²) in [4.78, 5) is 26.0. The molecular weight excluding hydrogens is 420 g/mol. The number of ether oxygens (including phenoxy) is 2. The third kappa shape index (κ3) is 4.33. The fourth-order valence-electron chi connectivity index (χ4n) is 4.96. The first kappa shape index (κ1) is 22.9. The van der Waals surface area contributed by atoms with E-state index in [9.17, 15) is 14.7 Å². The van der Waals surface area contributed by atoms with E-state index in [1.54, 1.807) is 13.3 Å². The van der Waals surface area contributed by atoms with Crippen molar-refractivity contribution >= 4 is 23.0 Å². The van der Waals surface area contributed by atoms with Gasteiger partial charge < -0.3 is 14.6 Å². The van der Waals surface area contributed by atoms with Gasteiger partial charge in [0.25, 0.3) is 0 Å². The molecule has 7 heteroatoms. The highest BCUT2D eigenvalue weighted by Crippen LogP contribution is 2.39. The maximum Gasteiger partial charge on any atom is 0.416 e. The van der Waals surface area contributed by atoms with Gasteiger partial charge in [0.2, 0.25) is 0 Å². The normalized spacial score (nSPS) is 18.9. The van der Waals surface area contributed by atoms with Gasteiger partial charge in [-0.3, -0.25) is 9.47 Å². The van der Waals surface area contributed by atoms with Crippen molar-refractivity contribution in [3.05, 3.63) is 64.8 Å². The number of aromatic nitrogens is 1. The van der Waals surface area contributed by atoms with Gasteiger partial charge in [0, 0.05) is 29.7 Å². The number of benzene rings is 2. The second-order valence-corrected chi connectivity index (χ2v) is 8.83. The monoisotopic (exact) mass is 450 g/mol. The van der Waals surface area contributed by atoms with Crippen LogP contribution in [0.2, 0.25) is 0 Å². The Balaban J connectivity index is 1.73. The van der Waals surface area contributed by atoms with Crippen molar-refractivity contribution in [2.24, 2.45) is 5.92 Å². The van der Waals surface area contributed by atoms with Crippen LogP contribution in [0.4, 0.5) is 4.79 Å². The van der Waals surface area contributed by atoms with Crippen molar-refractivity contribution < 1.29 is 24.2 Å². The maximum absolute atomic E-state index is 11.8. The number of esters is 1. The zero-order valence-electron chi connectivity index (χ0n) is 19.5. The minimum Gasteiger partial charge on any atom is -0.496 e. The lowest BCUT2D eigenvalue weighted by Gasteiger charge is -2.39. The van der Waals surface area contributed by atoms with E-state index in [-0.39, 0.29) is 12.0 Å². The van der Waals surface area contributed by atoms with Gasteiger partial charge in [0.05, 0.1) is 25.3 Å². The third-order valence-electron chi connectivity index (χ3n) is 6.71. The second-order valence-electron chi connectivity index (χ2n) is 8.83. The van der Waals surface area contributed by atoms with Crippen LogP contribution in [0.5, 0.6) is 5.75 Å². The van der Waals surface area contributed by atoms with Gasteiger partial charge in [0.15, 0.2) is 0 Å². The third-order valence-corrected chi connectivity index (χ3v) is 6.71. The largest absolute Gasteiger partial charge is 0.496 e. The summed E-state index contributed by atoms with van der Waals surface area (Å²) >= 11 is 0. The second kappa shape index (κ2) is 9.27. The van der Waals surface area contributed by atoms with Crippen LogP contribution in [0.25, 0.3) is 10.9 Å². The molecule has 2 aromatic carbocycles. The summed E-state index contributed by atoms with van der Waals surface area (Å²) in [6, 6.07) is 11.6. The smallest absolute Gasteiger partial charge is 0.416 e. The molecule has 3 aromatic rings. The highest BCUT2D eigenvalue weighted by atomic mass is 16.5. The van der Waals surface area contributed by atoms with Crippen molar-refractivity contribution in [3.63, 3.8) is 0 Å². The fraction of sp³-hybridized carbons (Fsp3) is 0.385. The van der Waals surface area contributed by atoms with Crippen molar-refractivity contribution in [3.8, 4) is 5.75 Å². The van der Waals surface area contributed by atoms with E-state index in [2.05, 4.69) is 11.8 Å². The van der Waals surface area contributed by atoms with E-state index < -0.39 is 6.09 Å². The molecule has 2 heterocycles. The zero-order valence-corrected chi connectivity index (χ0v) is 19.5. The predicted octanol–water partition coefficient (Wildman–Crippen LogP) is 5.24. The Hall–Kier alpha value is -3.32. The molecular formula is C26H30N2O5. The van der Waals surface area contributed by atoms with Gasteiger partial charge in [-0.25, -0.2) is 9.59 Å². The topological polar surface area (TPSA) is 81.0 Å². The summed E-state index contributed by atoms with van der Waals surface area (Å²) in [5.41, 5.74) is 4.24. The molecule has 7 nitrogen and oxygen atoms in total. The Labute approximate surface area is 193 Å². The number of hydrogen-bond acceptors (Lipinski definition) is 5. The molecule has 1 aliphatic heterocycles. The zero-order chi connectivity index (χ0) is 23.7. The summed E-state index contributed by atoms with van der Waals surface area (Å²) in [5.74, 6) is 1.01. The minimum atomic E-state index is -1.00. The number of carbonyl (C=O) groups excluding carboxylic acids is 1. The molecule has 1 N–H and O–H groups in total. The SMILES string of the molecule is COC(=O)c1ccc(C2CC(C)CCN2Cc2c(OC)cc(C)c3c2ccn3C(=O)O)cc1. The summed E-state index contributed by atoms with van der Waals surface area (Å²) in [6.07, 6.45) is 2.69. The highest BCUT2D eigenvalue weighted by Gasteiger charge is 2.29. The molecule has 33 heavy (non-hydrogen) atoms. The first-order valence-electron chi connectivity index (χ1n) is 11.2. The molecule has 1 aliphatic rings. The Morgan fingerprint density at radius 2 is 1.88 bits per heavy atom. The molecule has 0 aliphatic carbocycles. The lowest BCUT2D eigenvalue weighted by Crippen LogP contribution is -2.36. The van der Waals surface area contributed by atoms with Crippen molar-refractivity contribution in [2.45, 2.75) is 39.3 Å². The highest BCUT2D eigenvalue weighted by molar-refractivity contribution is 5.94. The lowest BCUT2D eigenvalue weighted by molar-refractivity contribution is 0.0600. The quantitative estimate of drug-likeness (QED) is 0.535. The van der Waals surface area contributed by atoms with Crippen LogP contribution in [0, 0.1) is 12.8 Å².